The van der Waals surface area contributed by atoms with Crippen LogP contribution in [0.5, 0.6) is 0 Å². The number of likely N-dealkylation sites (tertiary alicyclic amines) is 1. The van der Waals surface area contributed by atoms with Crippen molar-refractivity contribution in [3.05, 3.63) is 52.6 Å². The molecule has 0 bridgehead atoms. The van der Waals surface area contributed by atoms with Gasteiger partial charge in [-0.05, 0) is 50.3 Å². The first-order valence-electron chi connectivity index (χ1n) is 8.80. The lowest BCUT2D eigenvalue weighted by atomic mass is 9.92. The number of aliphatic imine (C=N–C) groups is 1. The van der Waals surface area contributed by atoms with Gasteiger partial charge in [0.05, 0.1) is 0 Å². The topological polar surface area (TPSA) is 88.8 Å². The second-order valence-corrected chi connectivity index (χ2v) is 6.77. The van der Waals surface area contributed by atoms with Crippen LogP contribution in [-0.2, 0) is 4.79 Å². The number of rotatable bonds is 4. The van der Waals surface area contributed by atoms with E-state index in [1.165, 1.54) is 0 Å². The predicted octanol–water partition coefficient (Wildman–Crippen LogP) is 3.08. The zero-order valence-electron chi connectivity index (χ0n) is 15.4. The molecule has 136 valence electrons. The van der Waals surface area contributed by atoms with Crippen molar-refractivity contribution in [2.24, 2.45) is 4.99 Å². The largest absolute Gasteiger partial charge is 0.477 e. The van der Waals surface area contributed by atoms with Crippen LogP contribution < -0.4 is 5.32 Å². The minimum atomic E-state index is -1.07. The number of nitrogens with zero attached hydrogens (tertiary/aromatic N) is 2. The van der Waals surface area contributed by atoms with E-state index in [2.05, 4.69) is 15.2 Å². The van der Waals surface area contributed by atoms with Crippen LogP contribution in [0.25, 0.3) is 5.57 Å². The summed E-state index contributed by atoms with van der Waals surface area (Å²) in [4.78, 5) is 18.1. The molecular weight excluding hydrogens is 328 g/mol. The molecule has 0 saturated carbocycles. The fourth-order valence-electron chi connectivity index (χ4n) is 3.52. The average molecular weight is 352 g/mol. The number of aryl methyl sites for hydroxylation is 2. The van der Waals surface area contributed by atoms with Crippen LogP contribution >= 0.6 is 0 Å². The Balaban J connectivity index is 2.18. The van der Waals surface area contributed by atoms with Crippen LogP contribution in [0, 0.1) is 19.3 Å². The monoisotopic (exact) mass is 352 g/mol. The number of nitrogens with one attached hydrogen (secondary N) is 2. The number of benzene rings is 1. The van der Waals surface area contributed by atoms with Crippen molar-refractivity contribution in [2.45, 2.75) is 33.6 Å². The maximum Gasteiger partial charge on any atom is 0.354 e. The molecule has 2 aliphatic rings. The first-order valence-corrected chi connectivity index (χ1v) is 8.80. The van der Waals surface area contributed by atoms with Gasteiger partial charge in [0, 0.05) is 30.5 Å². The molecule has 0 unspecified atom stereocenters. The van der Waals surface area contributed by atoms with Crippen LogP contribution in [-0.4, -0.2) is 40.5 Å². The fourth-order valence-corrected chi connectivity index (χ4v) is 3.52. The van der Waals surface area contributed by atoms with Gasteiger partial charge in [0.15, 0.2) is 5.71 Å². The number of hydrogen-bond acceptors (Lipinski definition) is 5. The summed E-state index contributed by atoms with van der Waals surface area (Å²) in [6.45, 7) is 7.48. The second kappa shape index (κ2) is 7.15. The van der Waals surface area contributed by atoms with Crippen LogP contribution in [0.2, 0.25) is 0 Å². The Morgan fingerprint density at radius 1 is 1.23 bits per heavy atom. The first-order chi connectivity index (χ1) is 12.4. The molecular formula is C20H24N4O2. The molecule has 0 spiro atoms. The summed E-state index contributed by atoms with van der Waals surface area (Å²) in [6, 6.07) is 5.97. The van der Waals surface area contributed by atoms with Crippen molar-refractivity contribution in [3.63, 3.8) is 0 Å². The van der Waals surface area contributed by atoms with E-state index in [0.717, 1.165) is 48.4 Å². The molecule has 0 radical (unpaired) electrons. The molecule has 0 aliphatic carbocycles. The summed E-state index contributed by atoms with van der Waals surface area (Å²) in [5.74, 6) is 0.107. The molecule has 26 heavy (non-hydrogen) atoms. The lowest BCUT2D eigenvalue weighted by Crippen LogP contribution is -2.34. The Bertz CT molecular complexity index is 838. The average Bonchev–Trinajstić information content (AvgIpc) is 3.12. The van der Waals surface area contributed by atoms with Gasteiger partial charge in [-0.25, -0.2) is 9.79 Å². The maximum absolute atomic E-state index is 11.6. The van der Waals surface area contributed by atoms with Gasteiger partial charge in [-0.3, -0.25) is 0 Å². The number of carbonyl (C=O) groups is 1. The van der Waals surface area contributed by atoms with Crippen molar-refractivity contribution >= 4 is 23.0 Å². The van der Waals surface area contributed by atoms with Crippen molar-refractivity contribution in [1.82, 2.24) is 10.2 Å². The quantitative estimate of drug-likeness (QED) is 0.727. The van der Waals surface area contributed by atoms with E-state index in [-0.39, 0.29) is 5.71 Å². The normalized spacial score (nSPS) is 18.8. The molecule has 6 heteroatoms. The van der Waals surface area contributed by atoms with Gasteiger partial charge >= 0.3 is 5.97 Å². The Morgan fingerprint density at radius 3 is 2.38 bits per heavy atom. The number of carboxylic acid groups (broad SMARTS) is 1. The Kier molecular flexibility index (Phi) is 4.93. The summed E-state index contributed by atoms with van der Waals surface area (Å²) in [6.07, 6.45) is 3.76. The van der Waals surface area contributed by atoms with E-state index >= 15 is 0 Å². The van der Waals surface area contributed by atoms with E-state index in [0.29, 0.717) is 17.1 Å². The molecule has 0 amide bonds. The highest BCUT2D eigenvalue weighted by molar-refractivity contribution is 6.41. The highest BCUT2D eigenvalue weighted by Gasteiger charge is 2.25. The first kappa shape index (κ1) is 17.9. The minimum Gasteiger partial charge on any atom is -0.477 e. The molecule has 6 nitrogen and oxygen atoms in total. The Morgan fingerprint density at radius 2 is 1.85 bits per heavy atom. The van der Waals surface area contributed by atoms with Crippen LogP contribution in [0.1, 0.15) is 36.5 Å². The third kappa shape index (κ3) is 3.40. The summed E-state index contributed by atoms with van der Waals surface area (Å²) in [7, 11) is 0. The van der Waals surface area contributed by atoms with Crippen molar-refractivity contribution < 1.29 is 9.90 Å². The minimum absolute atomic E-state index is 0.00867. The molecule has 0 aromatic heterocycles. The Labute approximate surface area is 153 Å². The number of hydrogen-bond donors (Lipinski definition) is 3. The molecule has 1 saturated heterocycles. The standard InChI is InChI=1S/C20H24N4O2/c1-12-7-6-8-13(2)17(12)18(14(3)21)19-22-15(20(25)26)11-16(23-19)24-9-4-5-10-24/h6-8,11,21,23H,4-5,9-10H2,1-3H3,(H,25,26)/b19-18+,21-14?. The lowest BCUT2D eigenvalue weighted by Gasteiger charge is -2.27. The number of allylic oxidation sites excluding steroid dienone is 1. The van der Waals surface area contributed by atoms with Crippen molar-refractivity contribution in [1.29, 1.82) is 5.41 Å². The number of carboxylic acids is 1. The second-order valence-electron chi connectivity index (χ2n) is 6.77. The third-order valence-electron chi connectivity index (χ3n) is 4.76. The van der Waals surface area contributed by atoms with E-state index in [1.807, 2.05) is 32.0 Å². The van der Waals surface area contributed by atoms with Gasteiger partial charge in [0.1, 0.15) is 11.6 Å². The molecule has 0 atom stereocenters. The van der Waals surface area contributed by atoms with Crippen LogP contribution in [0.15, 0.2) is 40.9 Å². The van der Waals surface area contributed by atoms with E-state index < -0.39 is 5.97 Å². The summed E-state index contributed by atoms with van der Waals surface area (Å²) in [5.41, 5.74) is 3.98. The molecule has 2 aliphatic heterocycles. The van der Waals surface area contributed by atoms with Crippen LogP contribution in [0.4, 0.5) is 0 Å². The van der Waals surface area contributed by atoms with Gasteiger partial charge in [0.25, 0.3) is 0 Å². The van der Waals surface area contributed by atoms with Crippen molar-refractivity contribution in [2.75, 3.05) is 13.1 Å². The number of aliphatic carboxylic acids is 1. The highest BCUT2D eigenvalue weighted by atomic mass is 16.4. The van der Waals surface area contributed by atoms with Gasteiger partial charge in [-0.1, -0.05) is 18.2 Å². The predicted molar refractivity (Wildman–Crippen MR) is 103 cm³/mol. The highest BCUT2D eigenvalue weighted by Crippen LogP contribution is 2.29. The summed E-state index contributed by atoms with van der Waals surface area (Å²) < 4.78 is 0. The van der Waals surface area contributed by atoms with Crippen molar-refractivity contribution in [3.8, 4) is 0 Å². The third-order valence-corrected chi connectivity index (χ3v) is 4.76. The summed E-state index contributed by atoms with van der Waals surface area (Å²) >= 11 is 0. The van der Waals surface area contributed by atoms with Crippen LogP contribution in [0.3, 0.4) is 0 Å². The Hall–Kier alpha value is -2.89. The zero-order chi connectivity index (χ0) is 18.8. The smallest absolute Gasteiger partial charge is 0.354 e. The SMILES string of the molecule is CC(=N)/C(=C1/N=C(C(=O)O)C=C(N2CCCC2)N1)c1c(C)cccc1C. The van der Waals surface area contributed by atoms with Gasteiger partial charge in [-0.15, -0.1) is 0 Å². The molecule has 3 rings (SSSR count). The summed E-state index contributed by atoms with van der Waals surface area (Å²) in [5, 5.41) is 21.1. The zero-order valence-corrected chi connectivity index (χ0v) is 15.4. The lowest BCUT2D eigenvalue weighted by molar-refractivity contribution is -0.129. The fraction of sp³-hybridized carbons (Fsp3) is 0.350. The van der Waals surface area contributed by atoms with Gasteiger partial charge in [0.2, 0.25) is 0 Å². The van der Waals surface area contributed by atoms with Gasteiger partial charge in [-0.2, -0.15) is 0 Å². The van der Waals surface area contributed by atoms with Gasteiger partial charge < -0.3 is 20.7 Å². The van der Waals surface area contributed by atoms with E-state index in [4.69, 9.17) is 5.41 Å². The molecule has 1 aromatic rings. The maximum atomic E-state index is 11.6. The van der Waals surface area contributed by atoms with E-state index in [9.17, 15) is 9.90 Å². The molecule has 2 heterocycles. The molecule has 1 fully saturated rings. The van der Waals surface area contributed by atoms with E-state index in [1.54, 1.807) is 13.0 Å². The molecule has 1 aromatic carbocycles. The molecule has 3 N–H and O–H groups in total.